The van der Waals surface area contributed by atoms with Gasteiger partial charge < -0.3 is 14.2 Å². The molecule has 0 aliphatic carbocycles. The Morgan fingerprint density at radius 1 is 1.22 bits per heavy atom. The summed E-state index contributed by atoms with van der Waals surface area (Å²) in [6.07, 6.45) is 4.08. The van der Waals surface area contributed by atoms with Gasteiger partial charge in [-0.3, -0.25) is 0 Å². The molecule has 0 radical (unpaired) electrons. The van der Waals surface area contributed by atoms with Gasteiger partial charge in [-0.2, -0.15) is 0 Å². The lowest BCUT2D eigenvalue weighted by Crippen LogP contribution is -2.46. The molecule has 3 heterocycles. The highest BCUT2D eigenvalue weighted by Crippen LogP contribution is 2.57. The molecule has 5 atom stereocenters. The van der Waals surface area contributed by atoms with Gasteiger partial charge in [0.25, 0.3) is 0 Å². The number of ether oxygens (including phenoxy) is 3. The summed E-state index contributed by atoms with van der Waals surface area (Å²) in [4.78, 5) is 0. The first-order valence-corrected chi connectivity index (χ1v) is 6.63. The van der Waals surface area contributed by atoms with Gasteiger partial charge in [-0.1, -0.05) is 25.7 Å². The van der Waals surface area contributed by atoms with E-state index in [4.69, 9.17) is 14.2 Å². The maximum Gasteiger partial charge on any atom is 0.164 e. The van der Waals surface area contributed by atoms with E-state index in [0.29, 0.717) is 5.92 Å². The van der Waals surface area contributed by atoms with Crippen LogP contribution in [0.1, 0.15) is 34.6 Å². The van der Waals surface area contributed by atoms with Gasteiger partial charge in [0, 0.05) is 5.92 Å². The van der Waals surface area contributed by atoms with Gasteiger partial charge in [-0.15, -0.1) is 0 Å². The first kappa shape index (κ1) is 12.4. The Morgan fingerprint density at radius 2 is 1.89 bits per heavy atom. The highest BCUT2D eigenvalue weighted by Gasteiger charge is 2.70. The van der Waals surface area contributed by atoms with E-state index < -0.39 is 11.4 Å². The molecular formula is C15H22O3. The minimum Gasteiger partial charge on any atom is -0.361 e. The summed E-state index contributed by atoms with van der Waals surface area (Å²) in [7, 11) is 0. The zero-order valence-corrected chi connectivity index (χ0v) is 11.8. The van der Waals surface area contributed by atoms with Crippen molar-refractivity contribution in [3.8, 4) is 0 Å². The first-order chi connectivity index (χ1) is 8.23. The van der Waals surface area contributed by atoms with Crippen LogP contribution in [0.5, 0.6) is 0 Å². The van der Waals surface area contributed by atoms with E-state index in [1.165, 1.54) is 0 Å². The first-order valence-electron chi connectivity index (χ1n) is 6.63. The van der Waals surface area contributed by atoms with Crippen LogP contribution < -0.4 is 0 Å². The van der Waals surface area contributed by atoms with Crippen LogP contribution in [-0.4, -0.2) is 29.2 Å². The van der Waals surface area contributed by atoms with E-state index in [1.54, 1.807) is 0 Å². The molecule has 0 amide bonds. The van der Waals surface area contributed by atoms with E-state index in [2.05, 4.69) is 33.4 Å². The Balaban J connectivity index is 2.12. The molecule has 3 nitrogen and oxygen atoms in total. The highest BCUT2D eigenvalue weighted by atomic mass is 16.8. The summed E-state index contributed by atoms with van der Waals surface area (Å²) in [5.74, 6) is -0.245. The second kappa shape index (κ2) is 3.27. The minimum atomic E-state index is -0.550. The number of rotatable bonds is 1. The Kier molecular flexibility index (Phi) is 2.25. The van der Waals surface area contributed by atoms with Gasteiger partial charge in [0.2, 0.25) is 0 Å². The maximum absolute atomic E-state index is 6.27. The van der Waals surface area contributed by atoms with Crippen LogP contribution in [0.3, 0.4) is 0 Å². The van der Waals surface area contributed by atoms with E-state index in [-0.39, 0.29) is 17.8 Å². The summed E-state index contributed by atoms with van der Waals surface area (Å²) < 4.78 is 18.6. The molecule has 3 rings (SSSR count). The second-order valence-corrected chi connectivity index (χ2v) is 6.51. The smallest absolute Gasteiger partial charge is 0.164 e. The SMILES string of the molecule is C=CC1=C[C@@H](C)[C@@H]2O[C@@]1(C)[C@H]1OC(C)(C)O[C@@]21C. The summed E-state index contributed by atoms with van der Waals surface area (Å²) in [5.41, 5.74) is 0.279. The van der Waals surface area contributed by atoms with Crippen LogP contribution >= 0.6 is 0 Å². The number of hydrogen-bond donors (Lipinski definition) is 0. The molecule has 0 unspecified atom stereocenters. The molecule has 0 aromatic carbocycles. The van der Waals surface area contributed by atoms with Gasteiger partial charge >= 0.3 is 0 Å². The Bertz CT molecular complexity index is 439. The second-order valence-electron chi connectivity index (χ2n) is 6.51. The average Bonchev–Trinajstić information content (AvgIpc) is 2.61. The van der Waals surface area contributed by atoms with Crippen molar-refractivity contribution in [2.45, 2.75) is 63.8 Å². The molecule has 3 aliphatic heterocycles. The molecule has 0 saturated carbocycles. The molecule has 100 valence electrons. The normalized spacial score (nSPS) is 52.9. The van der Waals surface area contributed by atoms with Crippen molar-refractivity contribution in [1.82, 2.24) is 0 Å². The predicted octanol–water partition coefficient (Wildman–Crippen LogP) is 2.82. The van der Waals surface area contributed by atoms with Gasteiger partial charge in [0.15, 0.2) is 5.79 Å². The third-order valence-electron chi connectivity index (χ3n) is 4.54. The minimum absolute atomic E-state index is 0.0398. The standard InChI is InChI=1S/C15H22O3/c1-7-10-8-9(2)11-15(6)12(14(10,5)16-11)17-13(3,4)18-15/h7-9,11-12H,1H2,2-6H3/t9-,11+,12-,14-,15+/m1/s1. The van der Waals surface area contributed by atoms with Gasteiger partial charge in [-0.05, 0) is 33.3 Å². The van der Waals surface area contributed by atoms with E-state index in [9.17, 15) is 0 Å². The van der Waals surface area contributed by atoms with Gasteiger partial charge in [0.1, 0.15) is 17.3 Å². The lowest BCUT2D eigenvalue weighted by atomic mass is 9.84. The molecule has 3 heteroatoms. The van der Waals surface area contributed by atoms with E-state index in [0.717, 1.165) is 5.57 Å². The molecule has 2 saturated heterocycles. The van der Waals surface area contributed by atoms with Crippen LogP contribution in [-0.2, 0) is 14.2 Å². The highest BCUT2D eigenvalue weighted by molar-refractivity contribution is 5.38. The number of fused-ring (bicyclic) bond motifs is 5. The zero-order valence-electron chi connectivity index (χ0n) is 11.8. The van der Waals surface area contributed by atoms with E-state index in [1.807, 2.05) is 19.9 Å². The Morgan fingerprint density at radius 3 is 2.50 bits per heavy atom. The van der Waals surface area contributed by atoms with Crippen LogP contribution in [0.4, 0.5) is 0 Å². The quantitative estimate of drug-likeness (QED) is 0.716. The largest absolute Gasteiger partial charge is 0.361 e. The summed E-state index contributed by atoms with van der Waals surface area (Å²) in [6.45, 7) is 14.2. The van der Waals surface area contributed by atoms with Crippen LogP contribution in [0.25, 0.3) is 0 Å². The van der Waals surface area contributed by atoms with Crippen LogP contribution in [0.15, 0.2) is 24.3 Å². The van der Waals surface area contributed by atoms with Crippen molar-refractivity contribution >= 4 is 0 Å². The fraction of sp³-hybridized carbons (Fsp3) is 0.733. The third-order valence-corrected chi connectivity index (χ3v) is 4.54. The van der Waals surface area contributed by atoms with Crippen molar-refractivity contribution in [3.05, 3.63) is 24.3 Å². The maximum atomic E-state index is 6.27. The van der Waals surface area contributed by atoms with Crippen molar-refractivity contribution in [2.75, 3.05) is 0 Å². The van der Waals surface area contributed by atoms with E-state index >= 15 is 0 Å². The van der Waals surface area contributed by atoms with Crippen molar-refractivity contribution in [1.29, 1.82) is 0 Å². The summed E-state index contributed by atoms with van der Waals surface area (Å²) in [6, 6.07) is 0. The zero-order chi connectivity index (χ0) is 13.3. The van der Waals surface area contributed by atoms with Crippen LogP contribution in [0.2, 0.25) is 0 Å². The molecule has 0 spiro atoms. The third kappa shape index (κ3) is 1.30. The van der Waals surface area contributed by atoms with Gasteiger partial charge in [0.05, 0.1) is 6.10 Å². The molecule has 0 aromatic rings. The molecule has 2 fully saturated rings. The summed E-state index contributed by atoms with van der Waals surface area (Å²) >= 11 is 0. The lowest BCUT2D eigenvalue weighted by molar-refractivity contribution is -0.218. The monoisotopic (exact) mass is 250 g/mol. The number of hydrogen-bond acceptors (Lipinski definition) is 3. The average molecular weight is 250 g/mol. The predicted molar refractivity (Wildman–Crippen MR) is 69.2 cm³/mol. The fourth-order valence-electron chi connectivity index (χ4n) is 3.97. The van der Waals surface area contributed by atoms with Crippen molar-refractivity contribution in [3.63, 3.8) is 0 Å². The van der Waals surface area contributed by atoms with Gasteiger partial charge in [-0.25, -0.2) is 0 Å². The molecule has 3 aliphatic rings. The molecule has 0 N–H and O–H groups in total. The Labute approximate surface area is 109 Å². The Hall–Kier alpha value is -0.640. The lowest BCUT2D eigenvalue weighted by Gasteiger charge is -2.37. The summed E-state index contributed by atoms with van der Waals surface area (Å²) in [5, 5.41) is 0. The molecular weight excluding hydrogens is 228 g/mol. The van der Waals surface area contributed by atoms with Crippen LogP contribution in [0, 0.1) is 5.92 Å². The van der Waals surface area contributed by atoms with Crippen molar-refractivity contribution < 1.29 is 14.2 Å². The molecule has 2 bridgehead atoms. The topological polar surface area (TPSA) is 27.7 Å². The van der Waals surface area contributed by atoms with Crippen molar-refractivity contribution in [2.24, 2.45) is 5.92 Å². The molecule has 18 heavy (non-hydrogen) atoms. The fourth-order valence-corrected chi connectivity index (χ4v) is 3.97. The molecule has 0 aromatic heterocycles.